The third-order valence-corrected chi connectivity index (χ3v) is 2.21. The minimum Gasteiger partial charge on any atom is -0.515 e. The summed E-state index contributed by atoms with van der Waals surface area (Å²) in [4.78, 5) is 11.4. The van der Waals surface area contributed by atoms with Crippen molar-refractivity contribution < 1.29 is 14.6 Å². The van der Waals surface area contributed by atoms with Crippen LogP contribution in [0.15, 0.2) is 36.1 Å². The van der Waals surface area contributed by atoms with Gasteiger partial charge in [0.25, 0.3) is 0 Å². The zero-order valence-corrected chi connectivity index (χ0v) is 9.56. The molecule has 0 aromatic heterocycles. The maximum absolute atomic E-state index is 11.4. The number of aliphatic hydroxyl groups excluding tert-OH is 1. The summed E-state index contributed by atoms with van der Waals surface area (Å²) in [5.74, 6) is -0.467. The highest BCUT2D eigenvalue weighted by atomic mass is 16.5. The zero-order valence-electron chi connectivity index (χ0n) is 9.56. The van der Waals surface area contributed by atoms with E-state index in [9.17, 15) is 4.79 Å². The summed E-state index contributed by atoms with van der Waals surface area (Å²) in [6.45, 7) is 4.04. The van der Waals surface area contributed by atoms with Crippen molar-refractivity contribution in [1.82, 2.24) is 0 Å². The quantitative estimate of drug-likeness (QED) is 0.482. The topological polar surface area (TPSA) is 46.5 Å². The molecule has 86 valence electrons. The summed E-state index contributed by atoms with van der Waals surface area (Å²) < 4.78 is 4.82. The Kier molecular flexibility index (Phi) is 4.58. The summed E-state index contributed by atoms with van der Waals surface area (Å²) in [6, 6.07) is 7.79. The number of esters is 1. The largest absolute Gasteiger partial charge is 0.515 e. The average molecular weight is 220 g/mol. The van der Waals surface area contributed by atoms with E-state index in [1.165, 1.54) is 0 Å². The Balaban J connectivity index is 2.71. The van der Waals surface area contributed by atoms with Gasteiger partial charge in [-0.3, -0.25) is 0 Å². The molecule has 0 aliphatic rings. The van der Waals surface area contributed by atoms with Crippen LogP contribution in [0, 0.1) is 6.92 Å². The number of hydrogen-bond acceptors (Lipinski definition) is 3. The van der Waals surface area contributed by atoms with Crippen LogP contribution in [-0.4, -0.2) is 17.7 Å². The molecule has 0 fully saturated rings. The van der Waals surface area contributed by atoms with Crippen LogP contribution in [-0.2, 0) is 16.0 Å². The summed E-state index contributed by atoms with van der Waals surface area (Å²) in [5.41, 5.74) is 2.40. The first-order valence-corrected chi connectivity index (χ1v) is 5.23. The van der Waals surface area contributed by atoms with Crippen LogP contribution in [0.4, 0.5) is 0 Å². The predicted octanol–water partition coefficient (Wildman–Crippen LogP) is 2.54. The molecule has 1 aromatic rings. The Hall–Kier alpha value is -1.77. The number of aliphatic hydroxyl groups is 1. The number of carbonyl (C=O) groups excluding carboxylic acids is 1. The minimum atomic E-state index is -0.467. The van der Waals surface area contributed by atoms with E-state index in [2.05, 4.69) is 0 Å². The Morgan fingerprint density at radius 2 is 2.00 bits per heavy atom. The number of ether oxygens (including phenoxy) is 1. The van der Waals surface area contributed by atoms with Gasteiger partial charge in [-0.25, -0.2) is 4.79 Å². The summed E-state index contributed by atoms with van der Waals surface area (Å²) in [5, 5.41) is 8.98. The summed E-state index contributed by atoms with van der Waals surface area (Å²) in [7, 11) is 0. The molecular formula is C13H16O3. The van der Waals surface area contributed by atoms with Crippen LogP contribution in [0.1, 0.15) is 18.1 Å². The van der Waals surface area contributed by atoms with E-state index >= 15 is 0 Å². The maximum atomic E-state index is 11.4. The molecular weight excluding hydrogens is 204 g/mol. The highest BCUT2D eigenvalue weighted by Gasteiger charge is 2.11. The molecule has 0 unspecified atom stereocenters. The lowest BCUT2D eigenvalue weighted by molar-refractivity contribution is -0.138. The fourth-order valence-electron chi connectivity index (χ4n) is 1.32. The fourth-order valence-corrected chi connectivity index (χ4v) is 1.32. The molecule has 1 N–H and O–H groups in total. The molecule has 1 aromatic carbocycles. The first kappa shape index (κ1) is 12.3. The predicted molar refractivity (Wildman–Crippen MR) is 62.2 cm³/mol. The van der Waals surface area contributed by atoms with Crippen molar-refractivity contribution in [2.24, 2.45) is 0 Å². The van der Waals surface area contributed by atoms with Crippen LogP contribution >= 0.6 is 0 Å². The lowest BCUT2D eigenvalue weighted by Crippen LogP contribution is -2.10. The maximum Gasteiger partial charge on any atom is 0.337 e. The lowest BCUT2D eigenvalue weighted by atomic mass is 10.0. The summed E-state index contributed by atoms with van der Waals surface area (Å²) >= 11 is 0. The molecule has 0 saturated heterocycles. The molecule has 1 rings (SSSR count). The van der Waals surface area contributed by atoms with Gasteiger partial charge in [-0.05, 0) is 19.4 Å². The van der Waals surface area contributed by atoms with Crippen molar-refractivity contribution in [3.8, 4) is 0 Å². The van der Waals surface area contributed by atoms with Gasteiger partial charge < -0.3 is 9.84 Å². The van der Waals surface area contributed by atoms with Crippen molar-refractivity contribution in [2.45, 2.75) is 20.3 Å². The van der Waals surface area contributed by atoms with Gasteiger partial charge in [0.15, 0.2) is 0 Å². The van der Waals surface area contributed by atoms with Gasteiger partial charge in [0.2, 0.25) is 0 Å². The molecule has 0 aliphatic carbocycles. The van der Waals surface area contributed by atoms with E-state index in [0.717, 1.165) is 17.4 Å². The highest BCUT2D eigenvalue weighted by molar-refractivity contribution is 5.88. The second-order valence-corrected chi connectivity index (χ2v) is 3.54. The second-order valence-electron chi connectivity index (χ2n) is 3.54. The molecule has 0 amide bonds. The molecule has 16 heavy (non-hydrogen) atoms. The van der Waals surface area contributed by atoms with Crippen molar-refractivity contribution in [1.29, 1.82) is 0 Å². The second kappa shape index (κ2) is 5.95. The average Bonchev–Trinajstić information content (AvgIpc) is 2.28. The van der Waals surface area contributed by atoms with E-state index < -0.39 is 5.97 Å². The van der Waals surface area contributed by atoms with Crippen molar-refractivity contribution in [3.05, 3.63) is 47.2 Å². The van der Waals surface area contributed by atoms with E-state index in [4.69, 9.17) is 9.84 Å². The van der Waals surface area contributed by atoms with E-state index in [1.807, 2.05) is 31.2 Å². The van der Waals surface area contributed by atoms with Gasteiger partial charge in [0.05, 0.1) is 18.4 Å². The highest BCUT2D eigenvalue weighted by Crippen LogP contribution is 2.10. The Bertz CT molecular complexity index is 377. The van der Waals surface area contributed by atoms with Gasteiger partial charge in [-0.15, -0.1) is 0 Å². The molecule has 0 spiro atoms. The van der Waals surface area contributed by atoms with Gasteiger partial charge >= 0.3 is 5.97 Å². The van der Waals surface area contributed by atoms with Gasteiger partial charge in [0, 0.05) is 6.42 Å². The van der Waals surface area contributed by atoms with Crippen molar-refractivity contribution in [3.63, 3.8) is 0 Å². The molecule has 0 heterocycles. The molecule has 3 nitrogen and oxygen atoms in total. The SMILES string of the molecule is CCOC(=O)/C(=C/O)Cc1ccc(C)cc1. The van der Waals surface area contributed by atoms with Crippen LogP contribution in [0.3, 0.4) is 0 Å². The minimum absolute atomic E-state index is 0.269. The Morgan fingerprint density at radius 1 is 1.38 bits per heavy atom. The lowest BCUT2D eigenvalue weighted by Gasteiger charge is -2.05. The first-order valence-electron chi connectivity index (χ1n) is 5.23. The van der Waals surface area contributed by atoms with E-state index in [-0.39, 0.29) is 5.57 Å². The van der Waals surface area contributed by atoms with Crippen LogP contribution < -0.4 is 0 Å². The molecule has 0 atom stereocenters. The number of rotatable bonds is 4. The summed E-state index contributed by atoms with van der Waals surface area (Å²) in [6.07, 6.45) is 1.20. The molecule has 0 radical (unpaired) electrons. The fraction of sp³-hybridized carbons (Fsp3) is 0.308. The van der Waals surface area contributed by atoms with Crippen LogP contribution in [0.5, 0.6) is 0 Å². The molecule has 3 heteroatoms. The van der Waals surface area contributed by atoms with E-state index in [0.29, 0.717) is 13.0 Å². The van der Waals surface area contributed by atoms with Crippen LogP contribution in [0.2, 0.25) is 0 Å². The Labute approximate surface area is 95.4 Å². The van der Waals surface area contributed by atoms with Gasteiger partial charge in [-0.2, -0.15) is 0 Å². The molecule has 0 aliphatic heterocycles. The number of benzene rings is 1. The number of aryl methyl sites for hydroxylation is 1. The normalized spacial score (nSPS) is 11.2. The van der Waals surface area contributed by atoms with Crippen molar-refractivity contribution in [2.75, 3.05) is 6.61 Å². The molecule has 0 saturated carbocycles. The third-order valence-electron chi connectivity index (χ3n) is 2.21. The smallest absolute Gasteiger partial charge is 0.337 e. The van der Waals surface area contributed by atoms with E-state index in [1.54, 1.807) is 6.92 Å². The standard InChI is InChI=1S/C13H16O3/c1-3-16-13(15)12(9-14)8-11-6-4-10(2)5-7-11/h4-7,9,14H,3,8H2,1-2H3/b12-9+. The van der Waals surface area contributed by atoms with Gasteiger partial charge in [0.1, 0.15) is 0 Å². The van der Waals surface area contributed by atoms with Gasteiger partial charge in [-0.1, -0.05) is 29.8 Å². The zero-order chi connectivity index (χ0) is 12.0. The molecule has 0 bridgehead atoms. The van der Waals surface area contributed by atoms with Crippen LogP contribution in [0.25, 0.3) is 0 Å². The number of hydrogen-bond donors (Lipinski definition) is 1. The number of carbonyl (C=O) groups is 1. The first-order chi connectivity index (χ1) is 7.67. The Morgan fingerprint density at radius 3 is 2.50 bits per heavy atom. The third kappa shape index (κ3) is 3.42. The monoisotopic (exact) mass is 220 g/mol. The van der Waals surface area contributed by atoms with Crippen molar-refractivity contribution >= 4 is 5.97 Å².